The number of hydrogen-bond acceptors (Lipinski definition) is 2. The van der Waals surface area contributed by atoms with Crippen LogP contribution in [0.4, 0.5) is 5.69 Å². The van der Waals surface area contributed by atoms with Gasteiger partial charge in [-0.2, -0.15) is 0 Å². The molecule has 0 aliphatic carbocycles. The average Bonchev–Trinajstić information content (AvgIpc) is 2.63. The fourth-order valence-corrected chi connectivity index (χ4v) is 4.43. The van der Waals surface area contributed by atoms with Gasteiger partial charge >= 0.3 is 0 Å². The van der Waals surface area contributed by atoms with Crippen molar-refractivity contribution in [2.75, 3.05) is 5.32 Å². The van der Waals surface area contributed by atoms with Crippen molar-refractivity contribution in [3.05, 3.63) is 89.7 Å². The first-order chi connectivity index (χ1) is 12.9. The molecule has 0 radical (unpaired) electrons. The first-order valence-electron chi connectivity index (χ1n) is 7.97. The van der Waals surface area contributed by atoms with E-state index in [9.17, 15) is 0 Å². The third-order valence-electron chi connectivity index (χ3n) is 3.80. The lowest BCUT2D eigenvalue weighted by atomic mass is 10.2. The summed E-state index contributed by atoms with van der Waals surface area (Å²) in [4.78, 5) is 0. The molecule has 0 aliphatic heterocycles. The van der Waals surface area contributed by atoms with Crippen LogP contribution in [0.25, 0.3) is 0 Å². The van der Waals surface area contributed by atoms with Crippen molar-refractivity contribution in [3.8, 4) is 5.75 Å². The lowest BCUT2D eigenvalue weighted by Crippen LogP contribution is -2.02. The quantitative estimate of drug-likeness (QED) is 0.333. The van der Waals surface area contributed by atoms with E-state index in [2.05, 4.69) is 37.2 Å². The highest BCUT2D eigenvalue weighted by Gasteiger charge is 2.11. The van der Waals surface area contributed by atoms with E-state index in [4.69, 9.17) is 39.5 Å². The molecule has 0 fully saturated rings. The number of benzene rings is 3. The van der Waals surface area contributed by atoms with Gasteiger partial charge in [0.05, 0.1) is 19.0 Å². The Hall–Kier alpha value is -0.910. The first kappa shape index (κ1) is 20.8. The minimum absolute atomic E-state index is 0.387. The standard InChI is InChI=1S/C20H14Br2Cl3NO/c21-15-7-12(10-26-14-5-6-18(24)19(25)9-14)8-16(22)20(15)27-11-13-3-1-2-4-17(13)23/h1-9,26H,10-11H2. The van der Waals surface area contributed by atoms with Crippen molar-refractivity contribution in [3.63, 3.8) is 0 Å². The van der Waals surface area contributed by atoms with E-state index in [1.54, 1.807) is 12.1 Å². The van der Waals surface area contributed by atoms with Crippen molar-refractivity contribution < 1.29 is 4.74 Å². The molecule has 0 aliphatic rings. The molecular weight excluding hydrogens is 536 g/mol. The minimum Gasteiger partial charge on any atom is -0.486 e. The summed E-state index contributed by atoms with van der Waals surface area (Å²) in [6, 6.07) is 17.1. The molecule has 2 nitrogen and oxygen atoms in total. The smallest absolute Gasteiger partial charge is 0.148 e. The van der Waals surface area contributed by atoms with Crippen LogP contribution in [0.3, 0.4) is 0 Å². The van der Waals surface area contributed by atoms with Gasteiger partial charge in [0.1, 0.15) is 12.4 Å². The number of ether oxygens (including phenoxy) is 1. The lowest BCUT2D eigenvalue weighted by molar-refractivity contribution is 0.302. The maximum Gasteiger partial charge on any atom is 0.148 e. The second-order valence-electron chi connectivity index (χ2n) is 5.75. The van der Waals surface area contributed by atoms with Gasteiger partial charge in [-0.05, 0) is 73.8 Å². The molecule has 0 saturated heterocycles. The summed E-state index contributed by atoms with van der Waals surface area (Å²) in [5.74, 6) is 0.730. The van der Waals surface area contributed by atoms with E-state index < -0.39 is 0 Å². The molecule has 0 aromatic heterocycles. The molecule has 3 aromatic rings. The molecule has 0 heterocycles. The zero-order valence-corrected chi connectivity index (χ0v) is 19.3. The van der Waals surface area contributed by atoms with Gasteiger partial charge in [-0.25, -0.2) is 0 Å². The molecule has 0 saturated carbocycles. The van der Waals surface area contributed by atoms with Gasteiger partial charge in [-0.15, -0.1) is 0 Å². The predicted molar refractivity (Wildman–Crippen MR) is 121 cm³/mol. The monoisotopic (exact) mass is 547 g/mol. The number of halogens is 5. The molecule has 140 valence electrons. The summed E-state index contributed by atoms with van der Waals surface area (Å²) < 4.78 is 7.66. The van der Waals surface area contributed by atoms with Gasteiger partial charge in [-0.1, -0.05) is 53.0 Å². The Morgan fingerprint density at radius 2 is 1.52 bits per heavy atom. The van der Waals surface area contributed by atoms with E-state index in [1.807, 2.05) is 42.5 Å². The molecule has 0 atom stereocenters. The summed E-state index contributed by atoms with van der Waals surface area (Å²) in [7, 11) is 0. The molecule has 7 heteroatoms. The lowest BCUT2D eigenvalue weighted by Gasteiger charge is -2.14. The fourth-order valence-electron chi connectivity index (χ4n) is 2.43. The van der Waals surface area contributed by atoms with E-state index in [1.165, 1.54) is 0 Å². The van der Waals surface area contributed by atoms with Gasteiger partial charge in [0.15, 0.2) is 0 Å². The molecular formula is C20H14Br2Cl3NO. The van der Waals surface area contributed by atoms with Gasteiger partial charge in [-0.3, -0.25) is 0 Å². The molecule has 0 amide bonds. The SMILES string of the molecule is Clc1ccc(NCc2cc(Br)c(OCc3ccccc3Cl)c(Br)c2)cc1Cl. The van der Waals surface area contributed by atoms with Crippen LogP contribution in [-0.2, 0) is 13.2 Å². The van der Waals surface area contributed by atoms with Gasteiger partial charge in [0.2, 0.25) is 0 Å². The number of rotatable bonds is 6. The zero-order chi connectivity index (χ0) is 19.4. The van der Waals surface area contributed by atoms with Crippen molar-refractivity contribution in [1.29, 1.82) is 0 Å². The molecule has 0 bridgehead atoms. The Labute approximate surface area is 190 Å². The molecule has 3 aromatic carbocycles. The summed E-state index contributed by atoms with van der Waals surface area (Å²) in [5, 5.41) is 5.07. The summed E-state index contributed by atoms with van der Waals surface area (Å²) in [6.45, 7) is 1.01. The van der Waals surface area contributed by atoms with Crippen molar-refractivity contribution in [2.45, 2.75) is 13.2 Å². The Morgan fingerprint density at radius 1 is 0.815 bits per heavy atom. The number of nitrogens with one attached hydrogen (secondary N) is 1. The average molecular weight is 551 g/mol. The fraction of sp³-hybridized carbons (Fsp3) is 0.100. The van der Waals surface area contributed by atoms with Gasteiger partial charge < -0.3 is 10.1 Å². The van der Waals surface area contributed by atoms with Crippen LogP contribution < -0.4 is 10.1 Å². The van der Waals surface area contributed by atoms with Crippen LogP contribution in [0, 0.1) is 0 Å². The molecule has 27 heavy (non-hydrogen) atoms. The summed E-state index contributed by atoms with van der Waals surface area (Å²) in [6.07, 6.45) is 0. The van der Waals surface area contributed by atoms with Gasteiger partial charge in [0, 0.05) is 22.8 Å². The van der Waals surface area contributed by atoms with Crippen LogP contribution in [0.15, 0.2) is 63.5 Å². The Kier molecular flexibility index (Phi) is 7.35. The minimum atomic E-state index is 0.387. The molecule has 0 spiro atoms. The number of anilines is 1. The Morgan fingerprint density at radius 3 is 2.19 bits per heavy atom. The molecule has 1 N–H and O–H groups in total. The first-order valence-corrected chi connectivity index (χ1v) is 10.7. The maximum atomic E-state index is 6.19. The van der Waals surface area contributed by atoms with Crippen molar-refractivity contribution in [1.82, 2.24) is 0 Å². The van der Waals surface area contributed by atoms with Crippen LogP contribution >= 0.6 is 66.7 Å². The van der Waals surface area contributed by atoms with Crippen LogP contribution in [0.1, 0.15) is 11.1 Å². The van der Waals surface area contributed by atoms with Crippen LogP contribution in [0.2, 0.25) is 15.1 Å². The predicted octanol–water partition coefficient (Wildman–Crippen LogP) is 8.36. The topological polar surface area (TPSA) is 21.3 Å². The van der Waals surface area contributed by atoms with E-state index in [-0.39, 0.29) is 0 Å². The number of hydrogen-bond donors (Lipinski definition) is 1. The van der Waals surface area contributed by atoms with E-state index in [0.717, 1.165) is 31.5 Å². The van der Waals surface area contributed by atoms with E-state index >= 15 is 0 Å². The highest BCUT2D eigenvalue weighted by atomic mass is 79.9. The van der Waals surface area contributed by atoms with Crippen molar-refractivity contribution in [2.24, 2.45) is 0 Å². The molecule has 3 rings (SSSR count). The molecule has 0 unspecified atom stereocenters. The van der Waals surface area contributed by atoms with Crippen LogP contribution in [0.5, 0.6) is 5.75 Å². The highest BCUT2D eigenvalue weighted by molar-refractivity contribution is 9.11. The van der Waals surface area contributed by atoms with Crippen LogP contribution in [-0.4, -0.2) is 0 Å². The van der Waals surface area contributed by atoms with Crippen molar-refractivity contribution >= 4 is 72.4 Å². The Bertz CT molecular complexity index is 943. The van der Waals surface area contributed by atoms with Gasteiger partial charge in [0.25, 0.3) is 0 Å². The normalized spacial score (nSPS) is 10.7. The second kappa shape index (κ2) is 9.53. The second-order valence-corrected chi connectivity index (χ2v) is 8.68. The maximum absolute atomic E-state index is 6.19. The largest absolute Gasteiger partial charge is 0.486 e. The third kappa shape index (κ3) is 5.55. The van der Waals surface area contributed by atoms with E-state index in [0.29, 0.717) is 28.2 Å². The Balaban J connectivity index is 1.68. The summed E-state index contributed by atoms with van der Waals surface area (Å²) >= 11 is 25.3. The summed E-state index contributed by atoms with van der Waals surface area (Å²) in [5.41, 5.74) is 2.91. The highest BCUT2D eigenvalue weighted by Crippen LogP contribution is 2.36. The zero-order valence-electron chi connectivity index (χ0n) is 13.9. The third-order valence-corrected chi connectivity index (χ3v) is 6.09.